The molecule has 0 saturated heterocycles. The van der Waals surface area contributed by atoms with Gasteiger partial charge in [0.15, 0.2) is 11.2 Å². The average molecular weight is 382 g/mol. The van der Waals surface area contributed by atoms with E-state index in [9.17, 15) is 5.11 Å². The van der Waals surface area contributed by atoms with Gasteiger partial charge in [0, 0.05) is 5.56 Å². The lowest BCUT2D eigenvalue weighted by molar-refractivity contribution is 0.0558. The molecule has 3 heterocycles. The summed E-state index contributed by atoms with van der Waals surface area (Å²) < 4.78 is 7.15. The molecule has 0 aliphatic rings. The predicted molar refractivity (Wildman–Crippen MR) is 107 cm³/mol. The number of anilines is 3. The molecule has 7 N–H and O–H groups in total. The van der Waals surface area contributed by atoms with Gasteiger partial charge in [-0.1, -0.05) is 6.07 Å². The molecule has 0 unspecified atom stereocenters. The Hall–Kier alpha value is -3.40. The van der Waals surface area contributed by atoms with Crippen LogP contribution in [-0.4, -0.2) is 35.4 Å². The fourth-order valence-corrected chi connectivity index (χ4v) is 3.49. The van der Waals surface area contributed by atoms with Crippen molar-refractivity contribution in [3.05, 3.63) is 18.2 Å². The number of aliphatic hydroxyl groups is 1. The van der Waals surface area contributed by atoms with Crippen molar-refractivity contribution in [2.45, 2.75) is 38.8 Å². The first-order chi connectivity index (χ1) is 13.1. The zero-order valence-corrected chi connectivity index (χ0v) is 15.8. The van der Waals surface area contributed by atoms with Gasteiger partial charge in [0.2, 0.25) is 5.95 Å². The fraction of sp³-hybridized carbons (Fsp3) is 0.333. The van der Waals surface area contributed by atoms with Crippen molar-refractivity contribution in [1.29, 1.82) is 0 Å². The number of aromatic nitrogens is 5. The smallest absolute Gasteiger partial charge is 0.292 e. The van der Waals surface area contributed by atoms with E-state index < -0.39 is 5.60 Å². The van der Waals surface area contributed by atoms with Crippen LogP contribution in [0.4, 0.5) is 17.8 Å². The summed E-state index contributed by atoms with van der Waals surface area (Å²) in [5.41, 5.74) is 19.8. The quantitative estimate of drug-likeness (QED) is 0.413. The SMILES string of the molecule is C[C@@H](CC(C)(C)O)n1nc(-c2ccc3nc(N)oc3c2)c2c(N)nc(N)nc21. The molecular weight excluding hydrogens is 360 g/mol. The highest BCUT2D eigenvalue weighted by molar-refractivity contribution is 6.00. The lowest BCUT2D eigenvalue weighted by atomic mass is 10.0. The van der Waals surface area contributed by atoms with Gasteiger partial charge in [-0.25, -0.2) is 4.68 Å². The van der Waals surface area contributed by atoms with Crippen LogP contribution in [0.1, 0.15) is 33.2 Å². The van der Waals surface area contributed by atoms with E-state index in [0.717, 1.165) is 5.56 Å². The molecule has 28 heavy (non-hydrogen) atoms. The number of benzene rings is 1. The van der Waals surface area contributed by atoms with Crippen LogP contribution in [0.5, 0.6) is 0 Å². The molecule has 3 aromatic heterocycles. The van der Waals surface area contributed by atoms with Crippen LogP contribution in [0.15, 0.2) is 22.6 Å². The van der Waals surface area contributed by atoms with E-state index in [2.05, 4.69) is 15.0 Å². The van der Waals surface area contributed by atoms with Crippen LogP contribution in [0.25, 0.3) is 33.4 Å². The number of hydrogen-bond donors (Lipinski definition) is 4. The summed E-state index contributed by atoms with van der Waals surface area (Å²) in [5.74, 6) is 0.294. The van der Waals surface area contributed by atoms with Crippen LogP contribution in [0.3, 0.4) is 0 Å². The van der Waals surface area contributed by atoms with Gasteiger partial charge in [0.05, 0.1) is 17.0 Å². The highest BCUT2D eigenvalue weighted by Crippen LogP contribution is 2.35. The van der Waals surface area contributed by atoms with Crippen molar-refractivity contribution in [2.75, 3.05) is 17.2 Å². The van der Waals surface area contributed by atoms with E-state index in [1.807, 2.05) is 13.0 Å². The van der Waals surface area contributed by atoms with Crippen LogP contribution < -0.4 is 17.2 Å². The maximum absolute atomic E-state index is 10.2. The fourth-order valence-electron chi connectivity index (χ4n) is 3.49. The van der Waals surface area contributed by atoms with E-state index in [0.29, 0.717) is 34.2 Å². The first-order valence-electron chi connectivity index (χ1n) is 8.82. The third kappa shape index (κ3) is 3.07. The Bertz CT molecular complexity index is 1190. The third-order valence-electron chi connectivity index (χ3n) is 4.49. The molecule has 146 valence electrons. The summed E-state index contributed by atoms with van der Waals surface area (Å²) in [4.78, 5) is 12.5. The molecular formula is C18H22N8O2. The lowest BCUT2D eigenvalue weighted by Gasteiger charge is -2.22. The number of nitrogen functional groups attached to an aromatic ring is 3. The van der Waals surface area contributed by atoms with E-state index in [-0.39, 0.29) is 23.8 Å². The molecule has 1 aromatic carbocycles. The minimum absolute atomic E-state index is 0.0617. The number of rotatable bonds is 4. The van der Waals surface area contributed by atoms with Crippen LogP contribution in [0.2, 0.25) is 0 Å². The summed E-state index contributed by atoms with van der Waals surface area (Å²) in [7, 11) is 0. The van der Waals surface area contributed by atoms with Gasteiger partial charge in [-0.15, -0.1) is 0 Å². The van der Waals surface area contributed by atoms with E-state index in [4.69, 9.17) is 26.7 Å². The molecule has 4 aromatic rings. The largest absolute Gasteiger partial charge is 0.424 e. The van der Waals surface area contributed by atoms with Gasteiger partial charge in [0.1, 0.15) is 17.0 Å². The Kier molecular flexibility index (Phi) is 3.89. The molecule has 4 rings (SSSR count). The predicted octanol–water partition coefficient (Wildman–Crippen LogP) is 2.10. The van der Waals surface area contributed by atoms with Crippen LogP contribution in [0, 0.1) is 0 Å². The van der Waals surface area contributed by atoms with Crippen molar-refractivity contribution in [2.24, 2.45) is 0 Å². The lowest BCUT2D eigenvalue weighted by Crippen LogP contribution is -2.24. The minimum atomic E-state index is -0.877. The monoisotopic (exact) mass is 382 g/mol. The second-order valence-electron chi connectivity index (χ2n) is 7.56. The molecule has 0 spiro atoms. The van der Waals surface area contributed by atoms with E-state index in [1.54, 1.807) is 30.7 Å². The topological polar surface area (TPSA) is 168 Å². The number of nitrogens with two attached hydrogens (primary N) is 3. The molecule has 0 saturated carbocycles. The maximum Gasteiger partial charge on any atom is 0.292 e. The molecule has 0 aliphatic carbocycles. The Morgan fingerprint density at radius 3 is 2.64 bits per heavy atom. The third-order valence-corrected chi connectivity index (χ3v) is 4.49. The van der Waals surface area contributed by atoms with Crippen LogP contribution in [-0.2, 0) is 0 Å². The molecule has 0 radical (unpaired) electrons. The van der Waals surface area contributed by atoms with E-state index >= 15 is 0 Å². The van der Waals surface area contributed by atoms with Crippen molar-refractivity contribution in [3.63, 3.8) is 0 Å². The van der Waals surface area contributed by atoms with Gasteiger partial charge >= 0.3 is 0 Å². The second-order valence-corrected chi connectivity index (χ2v) is 7.56. The Balaban J connectivity index is 1.94. The maximum atomic E-state index is 10.2. The number of hydrogen-bond acceptors (Lipinski definition) is 9. The molecule has 0 fully saturated rings. The van der Waals surface area contributed by atoms with Crippen molar-refractivity contribution in [1.82, 2.24) is 24.7 Å². The zero-order chi connectivity index (χ0) is 20.2. The minimum Gasteiger partial charge on any atom is -0.424 e. The summed E-state index contributed by atoms with van der Waals surface area (Å²) >= 11 is 0. The summed E-state index contributed by atoms with van der Waals surface area (Å²) in [5, 5.41) is 15.5. The Labute approximate surface area is 160 Å². The summed E-state index contributed by atoms with van der Waals surface area (Å²) in [6.45, 7) is 5.44. The normalized spacial score (nSPS) is 13.4. The zero-order valence-electron chi connectivity index (χ0n) is 15.8. The highest BCUT2D eigenvalue weighted by atomic mass is 16.4. The van der Waals surface area contributed by atoms with E-state index in [1.165, 1.54) is 0 Å². The molecule has 10 nitrogen and oxygen atoms in total. The molecule has 10 heteroatoms. The first-order valence-corrected chi connectivity index (χ1v) is 8.82. The number of nitrogens with zero attached hydrogens (tertiary/aromatic N) is 5. The van der Waals surface area contributed by atoms with Gasteiger partial charge in [-0.2, -0.15) is 20.1 Å². The summed E-state index contributed by atoms with van der Waals surface area (Å²) in [6.07, 6.45) is 0.463. The molecule has 0 bridgehead atoms. The van der Waals surface area contributed by atoms with Crippen molar-refractivity contribution < 1.29 is 9.52 Å². The van der Waals surface area contributed by atoms with Crippen molar-refractivity contribution in [3.8, 4) is 11.3 Å². The average Bonchev–Trinajstić information content (AvgIpc) is 3.12. The van der Waals surface area contributed by atoms with Gasteiger partial charge in [-0.05, 0) is 39.3 Å². The molecule has 1 atom stereocenters. The van der Waals surface area contributed by atoms with Gasteiger partial charge in [-0.3, -0.25) is 0 Å². The van der Waals surface area contributed by atoms with Gasteiger partial charge in [0.25, 0.3) is 6.01 Å². The Morgan fingerprint density at radius 1 is 1.18 bits per heavy atom. The Morgan fingerprint density at radius 2 is 1.93 bits per heavy atom. The van der Waals surface area contributed by atoms with Crippen molar-refractivity contribution >= 4 is 39.9 Å². The number of fused-ring (bicyclic) bond motifs is 2. The summed E-state index contributed by atoms with van der Waals surface area (Å²) in [6, 6.07) is 5.38. The second kappa shape index (κ2) is 6.06. The van der Waals surface area contributed by atoms with Crippen LogP contribution >= 0.6 is 0 Å². The number of oxazole rings is 1. The van der Waals surface area contributed by atoms with Gasteiger partial charge < -0.3 is 26.7 Å². The molecule has 0 aliphatic heterocycles. The standard InChI is InChI=1S/C18H22N8O2/c1-8(7-18(2,3)27)26-15-12(14(19)23-16(20)24-15)13(25-26)9-4-5-10-11(6-9)28-17(21)22-10/h4-6,8,27H,7H2,1-3H3,(H2,21,22)(H4,19,20,23,24)/t8-/m0/s1. The highest BCUT2D eigenvalue weighted by Gasteiger charge is 2.25. The molecule has 0 amide bonds. The first kappa shape index (κ1) is 18.0.